The zero-order valence-electron chi connectivity index (χ0n) is 10.2. The van der Waals surface area contributed by atoms with Crippen LogP contribution in [0.25, 0.3) is 0 Å². The summed E-state index contributed by atoms with van der Waals surface area (Å²) >= 11 is 2.08. The van der Waals surface area contributed by atoms with Crippen LogP contribution in [-0.4, -0.2) is 41.6 Å². The number of rotatable bonds is 4. The Kier molecular flexibility index (Phi) is 3.34. The van der Waals surface area contributed by atoms with E-state index >= 15 is 0 Å². The van der Waals surface area contributed by atoms with E-state index in [0.29, 0.717) is 5.54 Å². The Labute approximate surface area is 98.0 Å². The predicted octanol–water partition coefficient (Wildman–Crippen LogP) is 1.80. The number of hydrogen-bond acceptors (Lipinski definition) is 3. The predicted molar refractivity (Wildman–Crippen MR) is 68.2 cm³/mol. The summed E-state index contributed by atoms with van der Waals surface area (Å²) < 4.78 is 0. The van der Waals surface area contributed by atoms with Gasteiger partial charge in [-0.15, -0.1) is 0 Å². The van der Waals surface area contributed by atoms with Gasteiger partial charge in [0.1, 0.15) is 0 Å². The van der Waals surface area contributed by atoms with Crippen molar-refractivity contribution >= 4 is 11.8 Å². The first-order valence-electron chi connectivity index (χ1n) is 6.10. The zero-order chi connectivity index (χ0) is 11.1. The summed E-state index contributed by atoms with van der Waals surface area (Å²) in [5.41, 5.74) is 6.31. The third kappa shape index (κ3) is 2.34. The summed E-state index contributed by atoms with van der Waals surface area (Å²) in [6.07, 6.45) is 2.69. The van der Waals surface area contributed by atoms with Crippen molar-refractivity contribution in [2.75, 3.05) is 25.9 Å². The summed E-state index contributed by atoms with van der Waals surface area (Å²) in [5.74, 6) is 3.12. The van der Waals surface area contributed by atoms with Crippen LogP contribution in [0.1, 0.15) is 26.7 Å². The average molecular weight is 228 g/mol. The number of likely N-dealkylation sites (N-methyl/N-ethyl adjacent to an activating group) is 1. The molecule has 88 valence electrons. The Hall–Kier alpha value is 0.270. The highest BCUT2D eigenvalue weighted by Crippen LogP contribution is 2.42. The first-order valence-corrected chi connectivity index (χ1v) is 7.15. The Bertz CT molecular complexity index is 234. The first-order chi connectivity index (χ1) is 7.07. The molecule has 1 aliphatic carbocycles. The molecule has 4 atom stereocenters. The minimum atomic E-state index is 0.298. The molecule has 1 heterocycles. The van der Waals surface area contributed by atoms with Gasteiger partial charge in [0.2, 0.25) is 0 Å². The van der Waals surface area contributed by atoms with Crippen molar-refractivity contribution in [2.45, 2.75) is 37.5 Å². The molecule has 1 saturated heterocycles. The maximum atomic E-state index is 6.01. The highest BCUT2D eigenvalue weighted by atomic mass is 32.2. The summed E-state index contributed by atoms with van der Waals surface area (Å²) in [4.78, 5) is 2.55. The van der Waals surface area contributed by atoms with E-state index in [9.17, 15) is 0 Å². The second-order valence-electron chi connectivity index (χ2n) is 5.61. The van der Waals surface area contributed by atoms with Crippen LogP contribution in [0.5, 0.6) is 0 Å². The van der Waals surface area contributed by atoms with Crippen LogP contribution in [0.4, 0.5) is 0 Å². The van der Waals surface area contributed by atoms with E-state index in [2.05, 4.69) is 37.6 Å². The molecule has 1 saturated carbocycles. The minimum Gasteiger partial charge on any atom is -0.329 e. The standard InChI is InChI=1S/C12H24N2S/c1-9-4-11(9)6-14(3)12(7-13)5-10(2)15-8-12/h9-11H,4-8,13H2,1-3H3. The monoisotopic (exact) mass is 228 g/mol. The molecule has 0 aromatic heterocycles. The number of thioether (sulfide) groups is 1. The molecule has 4 unspecified atom stereocenters. The van der Waals surface area contributed by atoms with Crippen molar-refractivity contribution < 1.29 is 0 Å². The molecule has 0 radical (unpaired) electrons. The molecule has 0 amide bonds. The molecule has 0 bridgehead atoms. The SMILES string of the molecule is CC1CC(CN)(N(C)CC2CC2C)CS1. The molecule has 2 N–H and O–H groups in total. The quantitative estimate of drug-likeness (QED) is 0.795. The maximum Gasteiger partial charge on any atom is 0.0429 e. The van der Waals surface area contributed by atoms with Gasteiger partial charge in [-0.05, 0) is 31.7 Å². The van der Waals surface area contributed by atoms with Crippen molar-refractivity contribution in [3.05, 3.63) is 0 Å². The molecule has 2 aliphatic rings. The van der Waals surface area contributed by atoms with E-state index in [1.807, 2.05) is 0 Å². The lowest BCUT2D eigenvalue weighted by molar-refractivity contribution is 0.138. The highest BCUT2D eigenvalue weighted by Gasteiger charge is 2.43. The fourth-order valence-electron chi connectivity index (χ4n) is 2.71. The molecule has 1 aliphatic heterocycles. The Morgan fingerprint density at radius 3 is 2.53 bits per heavy atom. The van der Waals surface area contributed by atoms with Crippen LogP contribution in [0.3, 0.4) is 0 Å². The molecule has 3 heteroatoms. The van der Waals surface area contributed by atoms with Crippen molar-refractivity contribution in [1.29, 1.82) is 0 Å². The van der Waals surface area contributed by atoms with E-state index in [1.54, 1.807) is 0 Å². The molecular weight excluding hydrogens is 204 g/mol. The first kappa shape index (κ1) is 11.7. The van der Waals surface area contributed by atoms with Crippen LogP contribution in [0.15, 0.2) is 0 Å². The Balaban J connectivity index is 1.93. The Morgan fingerprint density at radius 2 is 2.13 bits per heavy atom. The second-order valence-corrected chi connectivity index (χ2v) is 7.03. The van der Waals surface area contributed by atoms with Crippen LogP contribution >= 0.6 is 11.8 Å². The van der Waals surface area contributed by atoms with Gasteiger partial charge < -0.3 is 5.73 Å². The van der Waals surface area contributed by atoms with Gasteiger partial charge in [-0.2, -0.15) is 11.8 Å². The molecule has 0 aromatic carbocycles. The fourth-order valence-corrected chi connectivity index (χ4v) is 4.19. The number of nitrogens with two attached hydrogens (primary N) is 1. The van der Waals surface area contributed by atoms with Crippen LogP contribution < -0.4 is 5.73 Å². The molecule has 2 fully saturated rings. The number of hydrogen-bond donors (Lipinski definition) is 1. The number of nitrogens with zero attached hydrogens (tertiary/aromatic N) is 1. The average Bonchev–Trinajstić information content (AvgIpc) is 2.76. The Morgan fingerprint density at radius 1 is 1.47 bits per heavy atom. The van der Waals surface area contributed by atoms with Gasteiger partial charge in [0.25, 0.3) is 0 Å². The van der Waals surface area contributed by atoms with Crippen molar-refractivity contribution in [3.8, 4) is 0 Å². The van der Waals surface area contributed by atoms with E-state index in [4.69, 9.17) is 5.73 Å². The third-order valence-corrected chi connectivity index (χ3v) is 5.72. The molecule has 0 aromatic rings. The van der Waals surface area contributed by atoms with Gasteiger partial charge in [0, 0.05) is 29.6 Å². The normalized spacial score (nSPS) is 45.0. The van der Waals surface area contributed by atoms with Gasteiger partial charge >= 0.3 is 0 Å². The van der Waals surface area contributed by atoms with Crippen LogP contribution in [-0.2, 0) is 0 Å². The highest BCUT2D eigenvalue weighted by molar-refractivity contribution is 8.00. The summed E-state index contributed by atoms with van der Waals surface area (Å²) in [6.45, 7) is 6.77. The maximum absolute atomic E-state index is 6.01. The van der Waals surface area contributed by atoms with Gasteiger partial charge in [-0.1, -0.05) is 13.8 Å². The summed E-state index contributed by atoms with van der Waals surface area (Å²) in [7, 11) is 2.27. The van der Waals surface area contributed by atoms with Crippen molar-refractivity contribution in [3.63, 3.8) is 0 Å². The molecule has 0 spiro atoms. The van der Waals surface area contributed by atoms with Crippen molar-refractivity contribution in [2.24, 2.45) is 17.6 Å². The van der Waals surface area contributed by atoms with E-state index in [-0.39, 0.29) is 0 Å². The molecule has 15 heavy (non-hydrogen) atoms. The zero-order valence-corrected chi connectivity index (χ0v) is 11.0. The second kappa shape index (κ2) is 4.27. The van der Waals surface area contributed by atoms with Crippen LogP contribution in [0.2, 0.25) is 0 Å². The smallest absolute Gasteiger partial charge is 0.0429 e. The minimum absolute atomic E-state index is 0.298. The molecule has 2 nitrogen and oxygen atoms in total. The molecular formula is C12H24N2S. The van der Waals surface area contributed by atoms with Gasteiger partial charge in [-0.25, -0.2) is 0 Å². The summed E-state index contributed by atoms with van der Waals surface area (Å²) in [5, 5.41) is 0.785. The molecule has 2 rings (SSSR count). The van der Waals surface area contributed by atoms with Gasteiger partial charge in [-0.3, -0.25) is 4.90 Å². The largest absolute Gasteiger partial charge is 0.329 e. The lowest BCUT2D eigenvalue weighted by Gasteiger charge is -2.37. The van der Waals surface area contributed by atoms with E-state index < -0.39 is 0 Å². The van der Waals surface area contributed by atoms with Gasteiger partial charge in [0.15, 0.2) is 0 Å². The lowest BCUT2D eigenvalue weighted by Crippen LogP contribution is -2.53. The fraction of sp³-hybridized carbons (Fsp3) is 1.00. The van der Waals surface area contributed by atoms with Gasteiger partial charge in [0.05, 0.1) is 0 Å². The lowest BCUT2D eigenvalue weighted by atomic mass is 9.94. The van der Waals surface area contributed by atoms with Crippen LogP contribution in [0, 0.1) is 11.8 Å². The van der Waals surface area contributed by atoms with E-state index in [0.717, 1.165) is 23.6 Å². The van der Waals surface area contributed by atoms with Crippen molar-refractivity contribution in [1.82, 2.24) is 4.90 Å². The topological polar surface area (TPSA) is 29.3 Å². The summed E-state index contributed by atoms with van der Waals surface area (Å²) in [6, 6.07) is 0. The third-order valence-electron chi connectivity index (χ3n) is 4.28. The van der Waals surface area contributed by atoms with E-state index in [1.165, 1.54) is 25.1 Å².